The summed E-state index contributed by atoms with van der Waals surface area (Å²) in [7, 11) is 2.80. The lowest BCUT2D eigenvalue weighted by molar-refractivity contribution is 0.176. The SMILES string of the molecule is C=C(/C(=C(\C=C(/C)C(O)(P)c1cc(-c2ccccc2)c(C2C=CC=CC2)c(-c2ccccc2)c1)c1ccccc1)c1ccccc1)c1ccccc1. The predicted octanol–water partition coefficient (Wildman–Crippen LogP) is 12.9. The van der Waals surface area contributed by atoms with Crippen LogP contribution in [0.15, 0.2) is 206 Å². The molecule has 1 nitrogen and oxygen atoms in total. The highest BCUT2D eigenvalue weighted by Crippen LogP contribution is 2.47. The first-order chi connectivity index (χ1) is 25.4. The van der Waals surface area contributed by atoms with Crippen molar-refractivity contribution in [1.29, 1.82) is 0 Å². The molecule has 0 spiro atoms. The van der Waals surface area contributed by atoms with Crippen molar-refractivity contribution < 1.29 is 5.11 Å². The highest BCUT2D eigenvalue weighted by Gasteiger charge is 2.30. The van der Waals surface area contributed by atoms with E-state index in [1.807, 2.05) is 37.3 Å². The maximum atomic E-state index is 12.8. The fourth-order valence-corrected chi connectivity index (χ4v) is 7.38. The zero-order valence-corrected chi connectivity index (χ0v) is 30.6. The van der Waals surface area contributed by atoms with Gasteiger partial charge in [0.05, 0.1) is 0 Å². The monoisotopic (exact) mass is 690 g/mol. The van der Waals surface area contributed by atoms with Crippen molar-refractivity contribution >= 4 is 26.0 Å². The Hall–Kier alpha value is -5.59. The van der Waals surface area contributed by atoms with Crippen LogP contribution in [-0.2, 0) is 5.34 Å². The summed E-state index contributed by atoms with van der Waals surface area (Å²) in [5, 5.41) is 11.4. The minimum atomic E-state index is -1.40. The van der Waals surface area contributed by atoms with Crippen molar-refractivity contribution in [2.75, 3.05) is 0 Å². The van der Waals surface area contributed by atoms with Crippen LogP contribution < -0.4 is 0 Å². The van der Waals surface area contributed by atoms with E-state index < -0.39 is 5.34 Å². The number of hydrogen-bond donors (Lipinski definition) is 1. The second-order valence-electron chi connectivity index (χ2n) is 13.3. The summed E-state index contributed by atoms with van der Waals surface area (Å²) in [6.07, 6.45) is 11.9. The molecule has 0 radical (unpaired) electrons. The van der Waals surface area contributed by atoms with Gasteiger partial charge in [-0.15, -0.1) is 0 Å². The summed E-state index contributed by atoms with van der Waals surface area (Å²) in [6, 6.07) is 56.7. The Labute approximate surface area is 310 Å². The fraction of sp³-hybridized carbons (Fsp3) is 0.0800. The number of allylic oxidation sites excluding steroid dienone is 8. The summed E-state index contributed by atoms with van der Waals surface area (Å²) in [5.41, 5.74) is 13.4. The Balaban J connectivity index is 1.47. The molecule has 0 bridgehead atoms. The van der Waals surface area contributed by atoms with Crippen molar-refractivity contribution in [2.45, 2.75) is 24.6 Å². The van der Waals surface area contributed by atoms with Gasteiger partial charge in [-0.05, 0) is 97.8 Å². The number of rotatable bonds is 10. The van der Waals surface area contributed by atoms with Gasteiger partial charge in [0, 0.05) is 5.92 Å². The maximum absolute atomic E-state index is 12.8. The topological polar surface area (TPSA) is 20.2 Å². The molecule has 0 aliphatic heterocycles. The molecule has 52 heavy (non-hydrogen) atoms. The Kier molecular flexibility index (Phi) is 10.6. The predicted molar refractivity (Wildman–Crippen MR) is 225 cm³/mol. The van der Waals surface area contributed by atoms with Crippen molar-refractivity contribution in [3.8, 4) is 22.3 Å². The molecule has 6 aromatic carbocycles. The summed E-state index contributed by atoms with van der Waals surface area (Å²) in [6.45, 7) is 6.68. The second kappa shape index (κ2) is 15.7. The van der Waals surface area contributed by atoms with E-state index in [2.05, 4.69) is 180 Å². The van der Waals surface area contributed by atoms with Crippen LogP contribution in [0.4, 0.5) is 0 Å². The third-order valence-electron chi connectivity index (χ3n) is 9.94. The molecular formula is C50H43OP. The lowest BCUT2D eigenvalue weighted by Gasteiger charge is -2.30. The molecule has 3 atom stereocenters. The molecule has 0 amide bonds. The quantitative estimate of drug-likeness (QED) is 0.0862. The molecule has 6 aromatic rings. The Morgan fingerprint density at radius 1 is 0.654 bits per heavy atom. The molecule has 0 fully saturated rings. The summed E-state index contributed by atoms with van der Waals surface area (Å²) in [4.78, 5) is 0. The van der Waals surface area contributed by atoms with Crippen LogP contribution >= 0.6 is 9.24 Å². The van der Waals surface area contributed by atoms with Crippen molar-refractivity contribution in [3.05, 3.63) is 234 Å². The normalized spacial score (nSPS) is 15.8. The molecule has 1 N–H and O–H groups in total. The van der Waals surface area contributed by atoms with Crippen molar-refractivity contribution in [2.24, 2.45) is 0 Å². The van der Waals surface area contributed by atoms with Gasteiger partial charge in [0.1, 0.15) is 5.34 Å². The highest BCUT2D eigenvalue weighted by atomic mass is 31.0. The lowest BCUT2D eigenvalue weighted by Crippen LogP contribution is -2.20. The molecule has 254 valence electrons. The summed E-state index contributed by atoms with van der Waals surface area (Å²) >= 11 is 0. The molecule has 0 heterocycles. The van der Waals surface area contributed by atoms with Gasteiger partial charge in [-0.25, -0.2) is 0 Å². The smallest absolute Gasteiger partial charge is 0.124 e. The molecule has 0 aromatic heterocycles. The zero-order chi connectivity index (χ0) is 35.9. The van der Waals surface area contributed by atoms with E-state index in [-0.39, 0.29) is 5.92 Å². The van der Waals surface area contributed by atoms with Gasteiger partial charge in [-0.1, -0.05) is 198 Å². The van der Waals surface area contributed by atoms with Crippen molar-refractivity contribution in [3.63, 3.8) is 0 Å². The van der Waals surface area contributed by atoms with E-state index in [4.69, 9.17) is 0 Å². The molecular weight excluding hydrogens is 648 g/mol. The van der Waals surface area contributed by atoms with E-state index in [1.165, 1.54) is 5.56 Å². The van der Waals surface area contributed by atoms with Crippen LogP contribution in [0, 0.1) is 0 Å². The van der Waals surface area contributed by atoms with E-state index in [0.29, 0.717) is 0 Å². The molecule has 0 saturated heterocycles. The number of benzene rings is 6. The van der Waals surface area contributed by atoms with Gasteiger partial charge in [-0.3, -0.25) is 0 Å². The van der Waals surface area contributed by atoms with Gasteiger partial charge >= 0.3 is 0 Å². The van der Waals surface area contributed by atoms with E-state index in [1.54, 1.807) is 0 Å². The Bertz CT molecular complexity index is 2220. The lowest BCUT2D eigenvalue weighted by atomic mass is 9.79. The average Bonchev–Trinajstić information content (AvgIpc) is 3.22. The van der Waals surface area contributed by atoms with Gasteiger partial charge in [0.2, 0.25) is 0 Å². The average molecular weight is 691 g/mol. The van der Waals surface area contributed by atoms with Crippen LogP contribution in [0.2, 0.25) is 0 Å². The molecule has 7 rings (SSSR count). The van der Waals surface area contributed by atoms with Crippen LogP contribution in [0.25, 0.3) is 39.0 Å². The van der Waals surface area contributed by atoms with Crippen LogP contribution in [0.3, 0.4) is 0 Å². The third-order valence-corrected chi connectivity index (χ3v) is 10.7. The van der Waals surface area contributed by atoms with Gasteiger partial charge in [0.25, 0.3) is 0 Å². The molecule has 2 heteroatoms. The molecule has 1 aliphatic rings. The minimum Gasteiger partial charge on any atom is -0.377 e. The largest absolute Gasteiger partial charge is 0.377 e. The molecule has 1 aliphatic carbocycles. The van der Waals surface area contributed by atoms with E-state index >= 15 is 0 Å². The van der Waals surface area contributed by atoms with E-state index in [0.717, 1.165) is 73.2 Å². The summed E-state index contributed by atoms with van der Waals surface area (Å²) < 4.78 is 0. The fourth-order valence-electron chi connectivity index (χ4n) is 7.13. The van der Waals surface area contributed by atoms with Gasteiger partial charge < -0.3 is 5.11 Å². The maximum Gasteiger partial charge on any atom is 0.124 e. The first-order valence-corrected chi connectivity index (χ1v) is 18.4. The van der Waals surface area contributed by atoms with Crippen LogP contribution in [0.5, 0.6) is 0 Å². The highest BCUT2D eigenvalue weighted by molar-refractivity contribution is 7.18. The van der Waals surface area contributed by atoms with Crippen LogP contribution in [0.1, 0.15) is 47.1 Å². The zero-order valence-electron chi connectivity index (χ0n) is 29.5. The van der Waals surface area contributed by atoms with Gasteiger partial charge in [-0.2, -0.15) is 0 Å². The van der Waals surface area contributed by atoms with Crippen LogP contribution in [-0.4, -0.2) is 5.11 Å². The van der Waals surface area contributed by atoms with Gasteiger partial charge in [0.15, 0.2) is 0 Å². The number of aliphatic hydroxyl groups is 1. The van der Waals surface area contributed by atoms with Crippen molar-refractivity contribution in [1.82, 2.24) is 0 Å². The second-order valence-corrected chi connectivity index (χ2v) is 14.2. The Morgan fingerprint density at radius 3 is 1.60 bits per heavy atom. The number of hydrogen-bond acceptors (Lipinski definition) is 1. The molecule has 0 saturated carbocycles. The first-order valence-electron chi connectivity index (χ1n) is 17.8. The Morgan fingerprint density at radius 2 is 1.12 bits per heavy atom. The minimum absolute atomic E-state index is 0.198. The summed E-state index contributed by atoms with van der Waals surface area (Å²) in [5.74, 6) is 0.198. The van der Waals surface area contributed by atoms with E-state index in [9.17, 15) is 5.11 Å². The third kappa shape index (κ3) is 7.39. The molecule has 3 unspecified atom stereocenters. The first kappa shape index (κ1) is 34.8. The standard InChI is InChI=1S/C50H43OP/c1-36(33-45(39-23-11-4-12-24-39)48(42-29-17-7-18-30-42)37(2)38-21-9-3-10-22-38)50(51,52)44-34-46(40-25-13-5-14-26-40)49(43-31-19-8-20-32-43)47(35-44)41-27-15-6-16-28-41/h3-31,33-35,43,51H,2,32,52H2,1H3/b36-33+,48-45-.